The molecule has 1 heterocycles. The highest BCUT2D eigenvalue weighted by Gasteiger charge is 2.17. The molecule has 13 heavy (non-hydrogen) atoms. The number of anilines is 1. The van der Waals surface area contributed by atoms with Crippen LogP contribution in [0.25, 0.3) is 0 Å². The molecule has 3 nitrogen and oxygen atoms in total. The van der Waals surface area contributed by atoms with Gasteiger partial charge in [0.25, 0.3) is 6.43 Å². The number of nitrogens with zero attached hydrogens (tertiary/aromatic N) is 1. The number of rotatable bonds is 2. The molecular formula is C7H5F3N2O. The normalized spacial score (nSPS) is 10.5. The summed E-state index contributed by atoms with van der Waals surface area (Å²) in [6.45, 7) is 0. The highest BCUT2D eigenvalue weighted by Crippen LogP contribution is 2.22. The summed E-state index contributed by atoms with van der Waals surface area (Å²) < 4.78 is 36.7. The first-order chi connectivity index (χ1) is 6.06. The van der Waals surface area contributed by atoms with Crippen LogP contribution in [0.4, 0.5) is 18.9 Å². The van der Waals surface area contributed by atoms with Crippen molar-refractivity contribution in [3.8, 4) is 0 Å². The van der Waals surface area contributed by atoms with Crippen molar-refractivity contribution in [2.24, 2.45) is 0 Å². The van der Waals surface area contributed by atoms with E-state index in [2.05, 4.69) is 4.98 Å². The van der Waals surface area contributed by atoms with Crippen LogP contribution in [0.5, 0.6) is 0 Å². The first kappa shape index (κ1) is 9.50. The Bertz CT molecular complexity index is 341. The SMILES string of the molecule is Nc1cc(F)c(C(F)F)nc1C=O. The summed E-state index contributed by atoms with van der Waals surface area (Å²) in [5.74, 6) is -1.21. The van der Waals surface area contributed by atoms with Crippen molar-refractivity contribution in [1.82, 2.24) is 4.98 Å². The predicted molar refractivity (Wildman–Crippen MR) is 39.0 cm³/mol. The minimum atomic E-state index is -3.06. The van der Waals surface area contributed by atoms with Crippen LogP contribution >= 0.6 is 0 Å². The summed E-state index contributed by atoms with van der Waals surface area (Å²) in [6, 6.07) is 0.651. The number of carbonyl (C=O) groups is 1. The van der Waals surface area contributed by atoms with E-state index in [0.717, 1.165) is 0 Å². The zero-order valence-electron chi connectivity index (χ0n) is 6.30. The van der Waals surface area contributed by atoms with Crippen molar-refractivity contribution in [3.63, 3.8) is 0 Å². The van der Waals surface area contributed by atoms with Crippen LogP contribution in [-0.4, -0.2) is 11.3 Å². The Morgan fingerprint density at radius 1 is 1.54 bits per heavy atom. The number of carbonyl (C=O) groups excluding carboxylic acids is 1. The lowest BCUT2D eigenvalue weighted by molar-refractivity contribution is 0.111. The molecule has 1 rings (SSSR count). The van der Waals surface area contributed by atoms with Crippen molar-refractivity contribution in [3.05, 3.63) is 23.3 Å². The molecule has 6 heteroatoms. The summed E-state index contributed by atoms with van der Waals surface area (Å²) >= 11 is 0. The second-order valence-corrected chi connectivity index (χ2v) is 2.25. The fourth-order valence-electron chi connectivity index (χ4n) is 0.780. The van der Waals surface area contributed by atoms with E-state index in [0.29, 0.717) is 6.07 Å². The number of aldehydes is 1. The Kier molecular flexibility index (Phi) is 2.50. The number of pyridine rings is 1. The molecule has 0 unspecified atom stereocenters. The van der Waals surface area contributed by atoms with Gasteiger partial charge in [-0.15, -0.1) is 0 Å². The number of hydrogen-bond acceptors (Lipinski definition) is 3. The largest absolute Gasteiger partial charge is 0.397 e. The number of nitrogens with two attached hydrogens (primary N) is 1. The fraction of sp³-hybridized carbons (Fsp3) is 0.143. The van der Waals surface area contributed by atoms with Crippen molar-refractivity contribution in [1.29, 1.82) is 0 Å². The lowest BCUT2D eigenvalue weighted by Gasteiger charge is -2.03. The van der Waals surface area contributed by atoms with Crippen LogP contribution in [0.1, 0.15) is 22.6 Å². The van der Waals surface area contributed by atoms with Crippen molar-refractivity contribution in [2.45, 2.75) is 6.43 Å². The van der Waals surface area contributed by atoms with Crippen LogP contribution < -0.4 is 5.73 Å². The summed E-state index contributed by atoms with van der Waals surface area (Å²) in [5, 5.41) is 0. The van der Waals surface area contributed by atoms with Crippen LogP contribution in [0.2, 0.25) is 0 Å². The maximum Gasteiger partial charge on any atom is 0.283 e. The lowest BCUT2D eigenvalue weighted by atomic mass is 10.2. The quantitative estimate of drug-likeness (QED) is 0.720. The Morgan fingerprint density at radius 2 is 2.15 bits per heavy atom. The molecule has 0 fully saturated rings. The number of alkyl halides is 2. The van der Waals surface area contributed by atoms with Gasteiger partial charge in [-0.2, -0.15) is 0 Å². The first-order valence-electron chi connectivity index (χ1n) is 3.25. The Labute approximate surface area is 71.4 Å². The van der Waals surface area contributed by atoms with E-state index in [9.17, 15) is 18.0 Å². The van der Waals surface area contributed by atoms with E-state index in [4.69, 9.17) is 5.73 Å². The third-order valence-electron chi connectivity index (χ3n) is 1.38. The average Bonchev–Trinajstić information content (AvgIpc) is 2.03. The molecule has 0 amide bonds. The molecule has 0 aliphatic heterocycles. The van der Waals surface area contributed by atoms with Crippen LogP contribution in [0, 0.1) is 5.82 Å². The van der Waals surface area contributed by atoms with E-state index in [1.807, 2.05) is 0 Å². The molecule has 0 aliphatic rings. The zero-order chi connectivity index (χ0) is 10.0. The molecule has 0 spiro atoms. The van der Waals surface area contributed by atoms with E-state index in [-0.39, 0.29) is 17.7 Å². The van der Waals surface area contributed by atoms with Gasteiger partial charge in [-0.25, -0.2) is 18.2 Å². The third kappa shape index (κ3) is 1.77. The Morgan fingerprint density at radius 3 is 2.62 bits per heavy atom. The summed E-state index contributed by atoms with van der Waals surface area (Å²) in [7, 11) is 0. The topological polar surface area (TPSA) is 56.0 Å². The minimum Gasteiger partial charge on any atom is -0.397 e. The van der Waals surface area contributed by atoms with Gasteiger partial charge >= 0.3 is 0 Å². The molecule has 70 valence electrons. The van der Waals surface area contributed by atoms with Gasteiger partial charge in [0.15, 0.2) is 12.1 Å². The molecule has 2 N–H and O–H groups in total. The Hall–Kier alpha value is -1.59. The van der Waals surface area contributed by atoms with E-state index in [1.165, 1.54) is 0 Å². The average molecular weight is 190 g/mol. The summed E-state index contributed by atoms with van der Waals surface area (Å²) in [4.78, 5) is 13.3. The molecule has 0 atom stereocenters. The number of hydrogen-bond donors (Lipinski definition) is 1. The van der Waals surface area contributed by atoms with E-state index >= 15 is 0 Å². The molecule has 0 saturated heterocycles. The minimum absolute atomic E-state index is 0.195. The fourth-order valence-corrected chi connectivity index (χ4v) is 0.780. The summed E-state index contributed by atoms with van der Waals surface area (Å²) in [6.07, 6.45) is -2.86. The standard InChI is InChI=1S/C7H5F3N2O/c8-3-1-4(11)5(2-13)12-6(3)7(9)10/h1-2,7H,11H2. The first-order valence-corrected chi connectivity index (χ1v) is 3.25. The lowest BCUT2D eigenvalue weighted by Crippen LogP contribution is -2.04. The number of nitrogen functional groups attached to an aromatic ring is 1. The molecule has 0 aliphatic carbocycles. The molecule has 0 radical (unpaired) electrons. The van der Waals surface area contributed by atoms with E-state index in [1.54, 1.807) is 0 Å². The smallest absolute Gasteiger partial charge is 0.283 e. The number of halogens is 3. The molecule has 1 aromatic rings. The predicted octanol–water partition coefficient (Wildman–Crippen LogP) is 1.55. The van der Waals surface area contributed by atoms with Gasteiger partial charge < -0.3 is 5.73 Å². The molecule has 0 bridgehead atoms. The molecule has 0 saturated carbocycles. The summed E-state index contributed by atoms with van der Waals surface area (Å²) in [5.41, 5.74) is 3.43. The third-order valence-corrected chi connectivity index (χ3v) is 1.38. The van der Waals surface area contributed by atoms with Gasteiger partial charge in [0, 0.05) is 6.07 Å². The maximum atomic E-state index is 12.7. The molecular weight excluding hydrogens is 185 g/mol. The van der Waals surface area contributed by atoms with Gasteiger partial charge in [-0.1, -0.05) is 0 Å². The van der Waals surface area contributed by atoms with Crippen molar-refractivity contribution < 1.29 is 18.0 Å². The van der Waals surface area contributed by atoms with Crippen LogP contribution in [0.15, 0.2) is 6.07 Å². The monoisotopic (exact) mass is 190 g/mol. The molecule has 0 aromatic carbocycles. The van der Waals surface area contributed by atoms with Gasteiger partial charge in [0.05, 0.1) is 5.69 Å². The van der Waals surface area contributed by atoms with E-state index < -0.39 is 17.9 Å². The Balaban J connectivity index is 3.30. The van der Waals surface area contributed by atoms with Gasteiger partial charge in [0.2, 0.25) is 0 Å². The molecule has 1 aromatic heterocycles. The van der Waals surface area contributed by atoms with Gasteiger partial charge in [0.1, 0.15) is 11.4 Å². The van der Waals surface area contributed by atoms with Gasteiger partial charge in [-0.3, -0.25) is 4.79 Å². The van der Waals surface area contributed by atoms with Crippen LogP contribution in [-0.2, 0) is 0 Å². The van der Waals surface area contributed by atoms with Gasteiger partial charge in [-0.05, 0) is 0 Å². The highest BCUT2D eigenvalue weighted by molar-refractivity contribution is 5.80. The number of aromatic nitrogens is 1. The van der Waals surface area contributed by atoms with Crippen LogP contribution in [0.3, 0.4) is 0 Å². The van der Waals surface area contributed by atoms with Crippen molar-refractivity contribution >= 4 is 12.0 Å². The maximum absolute atomic E-state index is 12.7. The second kappa shape index (κ2) is 3.42. The van der Waals surface area contributed by atoms with Crippen molar-refractivity contribution in [2.75, 3.05) is 5.73 Å². The zero-order valence-corrected chi connectivity index (χ0v) is 6.30. The highest BCUT2D eigenvalue weighted by atomic mass is 19.3. The second-order valence-electron chi connectivity index (χ2n) is 2.25.